The molecule has 1 saturated heterocycles. The van der Waals surface area contributed by atoms with Crippen LogP contribution in [0.25, 0.3) is 5.69 Å². The van der Waals surface area contributed by atoms with Crippen molar-refractivity contribution in [2.75, 3.05) is 18.5 Å². The minimum Gasteiger partial charge on any atom is -0.381 e. The second kappa shape index (κ2) is 7.72. The van der Waals surface area contributed by atoms with E-state index in [1.165, 1.54) is 0 Å². The summed E-state index contributed by atoms with van der Waals surface area (Å²) in [5.41, 5.74) is 1.65. The average Bonchev–Trinajstić information content (AvgIpc) is 2.93. The van der Waals surface area contributed by atoms with E-state index in [4.69, 9.17) is 17.0 Å². The van der Waals surface area contributed by atoms with Gasteiger partial charge in [-0.15, -0.1) is 0 Å². The molecular weight excluding hydrogens is 324 g/mol. The molecule has 2 N–H and O–H groups in total. The molecule has 2 heterocycles. The van der Waals surface area contributed by atoms with Crippen molar-refractivity contribution in [1.29, 1.82) is 0 Å². The van der Waals surface area contributed by atoms with E-state index in [0.29, 0.717) is 17.1 Å². The Morgan fingerprint density at radius 1 is 1.46 bits per heavy atom. The van der Waals surface area contributed by atoms with Crippen LogP contribution in [-0.4, -0.2) is 33.9 Å². The minimum atomic E-state index is 0.0474. The molecule has 24 heavy (non-hydrogen) atoms. The number of aryl methyl sites for hydroxylation is 1. The number of amides is 1. The zero-order valence-corrected chi connectivity index (χ0v) is 14.6. The maximum atomic E-state index is 12.2. The highest BCUT2D eigenvalue weighted by Crippen LogP contribution is 2.21. The van der Waals surface area contributed by atoms with E-state index in [2.05, 4.69) is 15.5 Å². The number of carbonyl (C=O) groups is 1. The van der Waals surface area contributed by atoms with Crippen molar-refractivity contribution >= 4 is 23.8 Å². The van der Waals surface area contributed by atoms with E-state index >= 15 is 0 Å². The van der Waals surface area contributed by atoms with Gasteiger partial charge in [-0.2, -0.15) is 5.10 Å². The molecule has 1 aliphatic heterocycles. The molecule has 1 fully saturated rings. The van der Waals surface area contributed by atoms with Crippen LogP contribution in [0.1, 0.15) is 31.5 Å². The first-order chi connectivity index (χ1) is 11.6. The number of hydrogen-bond donors (Lipinski definition) is 2. The quantitative estimate of drug-likeness (QED) is 0.814. The molecule has 0 radical (unpaired) electrons. The second-order valence-electron chi connectivity index (χ2n) is 6.10. The summed E-state index contributed by atoms with van der Waals surface area (Å²) in [5, 5.41) is 9.86. The van der Waals surface area contributed by atoms with E-state index in [1.807, 2.05) is 35.8 Å². The molecule has 128 valence electrons. The summed E-state index contributed by atoms with van der Waals surface area (Å²) in [4.78, 5) is 12.2. The fraction of sp³-hybridized carbons (Fsp3) is 0.471. The molecule has 2 aromatic rings. The highest BCUT2D eigenvalue weighted by Gasteiger charge is 2.15. The van der Waals surface area contributed by atoms with Gasteiger partial charge in [-0.1, -0.05) is 6.07 Å². The van der Waals surface area contributed by atoms with Crippen molar-refractivity contribution in [2.24, 2.45) is 5.92 Å². The first kappa shape index (κ1) is 16.9. The number of carbonyl (C=O) groups excluding carboxylic acids is 1. The Morgan fingerprint density at radius 2 is 2.25 bits per heavy atom. The van der Waals surface area contributed by atoms with Gasteiger partial charge >= 0.3 is 0 Å². The van der Waals surface area contributed by atoms with Gasteiger partial charge in [-0.05, 0) is 62.5 Å². The van der Waals surface area contributed by atoms with Gasteiger partial charge in [0.25, 0.3) is 0 Å². The minimum absolute atomic E-state index is 0.0474. The molecule has 0 atom stereocenters. The smallest absolute Gasteiger partial charge is 0.224 e. The van der Waals surface area contributed by atoms with Gasteiger partial charge in [0.15, 0.2) is 4.77 Å². The number of hydrogen-bond acceptors (Lipinski definition) is 4. The number of anilines is 1. The third-order valence-electron chi connectivity index (χ3n) is 4.35. The maximum absolute atomic E-state index is 12.2. The zero-order chi connectivity index (χ0) is 16.9. The molecule has 6 nitrogen and oxygen atoms in total. The Kier molecular flexibility index (Phi) is 5.42. The normalized spacial score (nSPS) is 15.4. The van der Waals surface area contributed by atoms with Crippen molar-refractivity contribution in [3.63, 3.8) is 0 Å². The van der Waals surface area contributed by atoms with Crippen molar-refractivity contribution in [3.8, 4) is 5.69 Å². The van der Waals surface area contributed by atoms with Crippen LogP contribution in [0.5, 0.6) is 0 Å². The molecule has 1 aromatic heterocycles. The SMILES string of the molecule is Cc1n[nH]c(=S)n1-c1cccc(NC(=O)CCC2CCOCC2)c1. The monoisotopic (exact) mass is 346 g/mol. The summed E-state index contributed by atoms with van der Waals surface area (Å²) >= 11 is 5.25. The molecule has 0 spiro atoms. The summed E-state index contributed by atoms with van der Waals surface area (Å²) in [7, 11) is 0. The van der Waals surface area contributed by atoms with Crippen molar-refractivity contribution in [2.45, 2.75) is 32.6 Å². The maximum Gasteiger partial charge on any atom is 0.224 e. The fourth-order valence-electron chi connectivity index (χ4n) is 3.00. The van der Waals surface area contributed by atoms with Crippen LogP contribution in [0.4, 0.5) is 5.69 Å². The first-order valence-electron chi connectivity index (χ1n) is 8.25. The lowest BCUT2D eigenvalue weighted by atomic mass is 9.95. The number of aromatic amines is 1. The molecule has 7 heteroatoms. The number of ether oxygens (including phenoxy) is 1. The van der Waals surface area contributed by atoms with E-state index in [0.717, 1.165) is 49.7 Å². The standard InChI is InChI=1S/C17H22N4O2S/c1-12-19-20-17(24)21(12)15-4-2-3-14(11-15)18-16(22)6-5-13-7-9-23-10-8-13/h2-4,11,13H,5-10H2,1H3,(H,18,22)(H,20,24). The van der Waals surface area contributed by atoms with E-state index in [-0.39, 0.29) is 5.91 Å². The van der Waals surface area contributed by atoms with E-state index in [1.54, 1.807) is 0 Å². The lowest BCUT2D eigenvalue weighted by Crippen LogP contribution is -2.18. The summed E-state index contributed by atoms with van der Waals surface area (Å²) < 4.78 is 7.73. The molecule has 0 aliphatic carbocycles. The van der Waals surface area contributed by atoms with Gasteiger partial charge in [-0.25, -0.2) is 0 Å². The Balaban J connectivity index is 1.62. The molecule has 0 unspecified atom stereocenters. The van der Waals surface area contributed by atoms with Crippen LogP contribution in [0.3, 0.4) is 0 Å². The summed E-state index contributed by atoms with van der Waals surface area (Å²) in [5.74, 6) is 1.43. The van der Waals surface area contributed by atoms with E-state index in [9.17, 15) is 4.79 Å². The molecule has 0 saturated carbocycles. The Bertz CT molecular complexity index is 762. The molecule has 1 aromatic carbocycles. The van der Waals surface area contributed by atoms with Gasteiger partial charge in [0.2, 0.25) is 5.91 Å². The van der Waals surface area contributed by atoms with Gasteiger partial charge in [0.1, 0.15) is 5.82 Å². The van der Waals surface area contributed by atoms with Crippen LogP contribution < -0.4 is 5.32 Å². The zero-order valence-electron chi connectivity index (χ0n) is 13.7. The number of aromatic nitrogens is 3. The highest BCUT2D eigenvalue weighted by molar-refractivity contribution is 7.71. The number of H-pyrrole nitrogens is 1. The second-order valence-corrected chi connectivity index (χ2v) is 6.49. The number of nitrogens with one attached hydrogen (secondary N) is 2. The Labute approximate surface area is 146 Å². The van der Waals surface area contributed by atoms with Gasteiger partial charge < -0.3 is 10.1 Å². The Hall–Kier alpha value is -1.99. The summed E-state index contributed by atoms with van der Waals surface area (Å²) in [6, 6.07) is 7.63. The van der Waals surface area contributed by atoms with Crippen molar-refractivity contribution in [3.05, 3.63) is 34.9 Å². The fourth-order valence-corrected chi connectivity index (χ4v) is 3.28. The number of rotatable bonds is 5. The molecule has 3 rings (SSSR count). The van der Waals surface area contributed by atoms with Crippen LogP contribution in [0, 0.1) is 17.6 Å². The molecule has 1 amide bonds. The average molecular weight is 346 g/mol. The van der Waals surface area contributed by atoms with Crippen LogP contribution in [0.15, 0.2) is 24.3 Å². The van der Waals surface area contributed by atoms with Crippen LogP contribution >= 0.6 is 12.2 Å². The molecule has 0 bridgehead atoms. The predicted molar refractivity (Wildman–Crippen MR) is 94.9 cm³/mol. The molecular formula is C17H22N4O2S. The van der Waals surface area contributed by atoms with Crippen molar-refractivity contribution in [1.82, 2.24) is 14.8 Å². The van der Waals surface area contributed by atoms with Crippen LogP contribution in [-0.2, 0) is 9.53 Å². The highest BCUT2D eigenvalue weighted by atomic mass is 32.1. The predicted octanol–water partition coefficient (Wildman–Crippen LogP) is 3.38. The van der Waals surface area contributed by atoms with Gasteiger partial charge in [0.05, 0.1) is 5.69 Å². The Morgan fingerprint density at radius 3 is 2.96 bits per heavy atom. The third-order valence-corrected chi connectivity index (χ3v) is 4.62. The lowest BCUT2D eigenvalue weighted by Gasteiger charge is -2.21. The number of nitrogens with zero attached hydrogens (tertiary/aromatic N) is 2. The topological polar surface area (TPSA) is 71.9 Å². The lowest BCUT2D eigenvalue weighted by molar-refractivity contribution is -0.116. The largest absolute Gasteiger partial charge is 0.381 e. The number of benzene rings is 1. The molecule has 1 aliphatic rings. The van der Waals surface area contributed by atoms with E-state index < -0.39 is 0 Å². The van der Waals surface area contributed by atoms with Crippen molar-refractivity contribution < 1.29 is 9.53 Å². The summed E-state index contributed by atoms with van der Waals surface area (Å²) in [6.07, 6.45) is 3.57. The third kappa shape index (κ3) is 4.10. The summed E-state index contributed by atoms with van der Waals surface area (Å²) in [6.45, 7) is 3.52. The van der Waals surface area contributed by atoms with Gasteiger partial charge in [-0.3, -0.25) is 14.5 Å². The first-order valence-corrected chi connectivity index (χ1v) is 8.66. The van der Waals surface area contributed by atoms with Crippen LogP contribution in [0.2, 0.25) is 0 Å². The van der Waals surface area contributed by atoms with Gasteiger partial charge in [0, 0.05) is 25.3 Å².